The van der Waals surface area contributed by atoms with E-state index in [0.717, 1.165) is 36.2 Å². The van der Waals surface area contributed by atoms with Crippen LogP contribution >= 0.6 is 11.3 Å². The van der Waals surface area contributed by atoms with Crippen LogP contribution in [0.3, 0.4) is 0 Å². The molecule has 0 aliphatic carbocycles. The fourth-order valence-corrected chi connectivity index (χ4v) is 2.87. The smallest absolute Gasteiger partial charge is 0.191 e. The molecule has 0 saturated carbocycles. The molecule has 0 bridgehead atoms. The number of nitrogens with one attached hydrogen (secondary N) is 2. The second-order valence-electron chi connectivity index (χ2n) is 4.71. The first-order chi connectivity index (χ1) is 10.2. The van der Waals surface area contributed by atoms with Crippen molar-refractivity contribution in [1.82, 2.24) is 20.6 Å². The van der Waals surface area contributed by atoms with Crippen LogP contribution in [-0.4, -0.2) is 29.5 Å². The van der Waals surface area contributed by atoms with Crippen molar-refractivity contribution in [3.63, 3.8) is 0 Å². The topological polar surface area (TPSA) is 62.2 Å². The molecule has 6 heteroatoms. The van der Waals surface area contributed by atoms with Crippen LogP contribution in [0, 0.1) is 13.8 Å². The molecule has 0 atom stereocenters. The third kappa shape index (κ3) is 4.82. The van der Waals surface area contributed by atoms with Crippen LogP contribution in [0.1, 0.15) is 21.1 Å². The van der Waals surface area contributed by atoms with Gasteiger partial charge in [0.05, 0.1) is 17.2 Å². The Morgan fingerprint density at radius 3 is 2.81 bits per heavy atom. The summed E-state index contributed by atoms with van der Waals surface area (Å²) in [6, 6.07) is 4.03. The number of rotatable bonds is 5. The maximum atomic E-state index is 4.43. The van der Waals surface area contributed by atoms with Crippen molar-refractivity contribution in [2.75, 3.05) is 13.6 Å². The third-order valence-corrected chi connectivity index (χ3v) is 4.14. The molecule has 2 aromatic rings. The second kappa shape index (κ2) is 7.73. The SMILES string of the molecule is CN=C(NCCc1cccnc1)NCc1sc(C)nc1C. The van der Waals surface area contributed by atoms with Crippen LogP contribution in [0.4, 0.5) is 0 Å². The summed E-state index contributed by atoms with van der Waals surface area (Å²) in [7, 11) is 1.78. The van der Waals surface area contributed by atoms with E-state index in [-0.39, 0.29) is 0 Å². The lowest BCUT2D eigenvalue weighted by Gasteiger charge is -2.11. The molecule has 0 radical (unpaired) electrons. The standard InChI is InChI=1S/C15H21N5S/c1-11-14(21-12(2)20-11)10-19-15(16-3)18-8-6-13-5-4-7-17-9-13/h4-5,7,9H,6,8,10H2,1-3H3,(H2,16,18,19). The van der Waals surface area contributed by atoms with Gasteiger partial charge in [-0.15, -0.1) is 11.3 Å². The molecule has 2 aromatic heterocycles. The largest absolute Gasteiger partial charge is 0.356 e. The first-order valence-corrected chi connectivity index (χ1v) is 7.77. The number of pyridine rings is 1. The van der Waals surface area contributed by atoms with E-state index in [1.165, 1.54) is 10.4 Å². The summed E-state index contributed by atoms with van der Waals surface area (Å²) in [4.78, 5) is 14.0. The van der Waals surface area contributed by atoms with Crippen LogP contribution in [0.15, 0.2) is 29.5 Å². The first kappa shape index (κ1) is 15.4. The zero-order valence-corrected chi connectivity index (χ0v) is 13.5. The van der Waals surface area contributed by atoms with Crippen LogP contribution < -0.4 is 10.6 Å². The van der Waals surface area contributed by atoms with E-state index in [4.69, 9.17) is 0 Å². The third-order valence-electron chi connectivity index (χ3n) is 3.07. The predicted octanol–water partition coefficient (Wildman–Crippen LogP) is 2.06. The van der Waals surface area contributed by atoms with E-state index >= 15 is 0 Å². The van der Waals surface area contributed by atoms with Crippen molar-refractivity contribution < 1.29 is 0 Å². The fraction of sp³-hybridized carbons (Fsp3) is 0.400. The Kier molecular flexibility index (Phi) is 5.68. The van der Waals surface area contributed by atoms with Gasteiger partial charge in [0.25, 0.3) is 0 Å². The molecule has 0 fully saturated rings. The Balaban J connectivity index is 1.77. The molecule has 112 valence electrons. The van der Waals surface area contributed by atoms with Gasteiger partial charge in [-0.2, -0.15) is 0 Å². The highest BCUT2D eigenvalue weighted by atomic mass is 32.1. The normalized spacial score (nSPS) is 11.5. The highest BCUT2D eigenvalue weighted by Gasteiger charge is 2.05. The zero-order valence-electron chi connectivity index (χ0n) is 12.7. The van der Waals surface area contributed by atoms with Gasteiger partial charge in [0.1, 0.15) is 0 Å². The Morgan fingerprint density at radius 2 is 2.19 bits per heavy atom. The molecule has 0 aromatic carbocycles. The minimum absolute atomic E-state index is 0.754. The molecule has 5 nitrogen and oxygen atoms in total. The average molecular weight is 303 g/mol. The van der Waals surface area contributed by atoms with Gasteiger partial charge in [0.15, 0.2) is 5.96 Å². The monoisotopic (exact) mass is 303 g/mol. The molecule has 0 saturated heterocycles. The predicted molar refractivity (Wildman–Crippen MR) is 87.7 cm³/mol. The molecule has 2 N–H and O–H groups in total. The van der Waals surface area contributed by atoms with E-state index in [1.807, 2.05) is 26.1 Å². The number of hydrogen-bond acceptors (Lipinski definition) is 4. The minimum atomic E-state index is 0.754. The summed E-state index contributed by atoms with van der Waals surface area (Å²) in [5, 5.41) is 7.73. The molecule has 21 heavy (non-hydrogen) atoms. The molecular weight excluding hydrogens is 282 g/mol. The number of hydrogen-bond donors (Lipinski definition) is 2. The van der Waals surface area contributed by atoms with Gasteiger partial charge in [0, 0.05) is 30.9 Å². The molecule has 2 heterocycles. The molecule has 0 aliphatic heterocycles. The molecule has 0 amide bonds. The summed E-state index contributed by atoms with van der Waals surface area (Å²) in [5.74, 6) is 0.810. The zero-order chi connectivity index (χ0) is 15.1. The van der Waals surface area contributed by atoms with Gasteiger partial charge in [-0.1, -0.05) is 6.07 Å². The Bertz CT molecular complexity index is 591. The van der Waals surface area contributed by atoms with Crippen LogP contribution in [0.2, 0.25) is 0 Å². The maximum absolute atomic E-state index is 4.43. The minimum Gasteiger partial charge on any atom is -0.356 e. The van der Waals surface area contributed by atoms with Crippen LogP contribution in [0.5, 0.6) is 0 Å². The van der Waals surface area contributed by atoms with Crippen LogP contribution in [0.25, 0.3) is 0 Å². The van der Waals surface area contributed by atoms with Gasteiger partial charge < -0.3 is 10.6 Å². The molecule has 2 rings (SSSR count). The second-order valence-corrected chi connectivity index (χ2v) is 5.99. The lowest BCUT2D eigenvalue weighted by atomic mass is 10.2. The van der Waals surface area contributed by atoms with E-state index in [0.29, 0.717) is 0 Å². The molecular formula is C15H21N5S. The van der Waals surface area contributed by atoms with E-state index in [9.17, 15) is 0 Å². The Labute approximate surface area is 129 Å². The number of thiazole rings is 1. The summed E-state index contributed by atoms with van der Waals surface area (Å²) < 4.78 is 0. The van der Waals surface area contributed by atoms with Crippen molar-refractivity contribution >= 4 is 17.3 Å². The summed E-state index contributed by atoms with van der Waals surface area (Å²) in [6.45, 7) is 5.65. The first-order valence-electron chi connectivity index (χ1n) is 6.95. The van der Waals surface area contributed by atoms with Gasteiger partial charge in [-0.25, -0.2) is 4.98 Å². The van der Waals surface area contributed by atoms with Crippen molar-refractivity contribution in [1.29, 1.82) is 0 Å². The quantitative estimate of drug-likeness (QED) is 0.655. The lowest BCUT2D eigenvalue weighted by molar-refractivity contribution is 0.795. The van der Waals surface area contributed by atoms with Crippen LogP contribution in [-0.2, 0) is 13.0 Å². The summed E-state index contributed by atoms with van der Waals surface area (Å²) >= 11 is 1.72. The highest BCUT2D eigenvalue weighted by Crippen LogP contribution is 2.16. The number of guanidine groups is 1. The summed E-state index contributed by atoms with van der Waals surface area (Å²) in [5.41, 5.74) is 2.31. The number of aliphatic imine (C=N–C) groups is 1. The van der Waals surface area contributed by atoms with Gasteiger partial charge in [-0.05, 0) is 31.9 Å². The maximum Gasteiger partial charge on any atom is 0.191 e. The van der Waals surface area contributed by atoms with Gasteiger partial charge >= 0.3 is 0 Å². The molecule has 0 aliphatic rings. The number of aryl methyl sites for hydroxylation is 2. The number of nitrogens with zero attached hydrogens (tertiary/aromatic N) is 3. The molecule has 0 spiro atoms. The highest BCUT2D eigenvalue weighted by molar-refractivity contribution is 7.11. The van der Waals surface area contributed by atoms with E-state index in [2.05, 4.69) is 31.7 Å². The summed E-state index contributed by atoms with van der Waals surface area (Å²) in [6.07, 6.45) is 4.60. The van der Waals surface area contributed by atoms with Crippen molar-refractivity contribution in [2.24, 2.45) is 4.99 Å². The molecule has 0 unspecified atom stereocenters. The number of aromatic nitrogens is 2. The van der Waals surface area contributed by atoms with E-state index in [1.54, 1.807) is 24.6 Å². The van der Waals surface area contributed by atoms with E-state index < -0.39 is 0 Å². The average Bonchev–Trinajstić information content (AvgIpc) is 2.81. The lowest BCUT2D eigenvalue weighted by Crippen LogP contribution is -2.37. The van der Waals surface area contributed by atoms with Crippen molar-refractivity contribution in [3.8, 4) is 0 Å². The van der Waals surface area contributed by atoms with Crippen molar-refractivity contribution in [3.05, 3.63) is 45.7 Å². The van der Waals surface area contributed by atoms with Crippen molar-refractivity contribution in [2.45, 2.75) is 26.8 Å². The van der Waals surface area contributed by atoms with Gasteiger partial charge in [-0.3, -0.25) is 9.98 Å². The van der Waals surface area contributed by atoms with Gasteiger partial charge in [0.2, 0.25) is 0 Å². The Morgan fingerprint density at radius 1 is 1.33 bits per heavy atom. The Hall–Kier alpha value is -1.95. The fourth-order valence-electron chi connectivity index (χ4n) is 1.99.